The Balaban J connectivity index is 1.58. The fourth-order valence-corrected chi connectivity index (χ4v) is 2.54. The Hall–Kier alpha value is -2.49. The van der Waals surface area contributed by atoms with Crippen molar-refractivity contribution in [2.45, 2.75) is 38.6 Å². The number of nitrogens with one attached hydrogen (secondary N) is 1. The van der Waals surface area contributed by atoms with Crippen LogP contribution in [-0.4, -0.2) is 25.7 Å². The molecule has 1 atom stereocenters. The molecule has 1 N–H and O–H groups in total. The van der Waals surface area contributed by atoms with Gasteiger partial charge in [0.15, 0.2) is 0 Å². The van der Waals surface area contributed by atoms with E-state index in [1.165, 1.54) is 5.56 Å². The van der Waals surface area contributed by atoms with Crippen molar-refractivity contribution in [2.75, 3.05) is 13.7 Å². The van der Waals surface area contributed by atoms with Crippen LogP contribution < -0.4 is 14.8 Å². The molecule has 134 valence electrons. The van der Waals surface area contributed by atoms with E-state index in [1.807, 2.05) is 42.5 Å². The highest BCUT2D eigenvalue weighted by molar-refractivity contribution is 5.76. The van der Waals surface area contributed by atoms with Gasteiger partial charge in [0.1, 0.15) is 11.5 Å². The van der Waals surface area contributed by atoms with E-state index in [0.29, 0.717) is 19.4 Å². The van der Waals surface area contributed by atoms with Gasteiger partial charge in [0.25, 0.3) is 0 Å². The van der Waals surface area contributed by atoms with Crippen molar-refractivity contribution in [3.63, 3.8) is 0 Å². The van der Waals surface area contributed by atoms with Crippen LogP contribution >= 0.6 is 0 Å². The zero-order valence-corrected chi connectivity index (χ0v) is 15.0. The third kappa shape index (κ3) is 7.29. The van der Waals surface area contributed by atoms with E-state index in [-0.39, 0.29) is 11.9 Å². The van der Waals surface area contributed by atoms with E-state index < -0.39 is 0 Å². The number of benzene rings is 2. The number of methoxy groups -OCH3 is 1. The molecule has 2 rings (SSSR count). The predicted octanol–water partition coefficient (Wildman–Crippen LogP) is 3.99. The van der Waals surface area contributed by atoms with Crippen LogP contribution in [0.25, 0.3) is 0 Å². The second-order valence-electron chi connectivity index (χ2n) is 6.12. The number of hydrogen-bond donors (Lipinski definition) is 1. The lowest BCUT2D eigenvalue weighted by Gasteiger charge is -2.14. The molecule has 25 heavy (non-hydrogen) atoms. The molecule has 0 saturated heterocycles. The highest BCUT2D eigenvalue weighted by atomic mass is 16.5. The van der Waals surface area contributed by atoms with Crippen molar-refractivity contribution in [3.8, 4) is 11.5 Å². The second kappa shape index (κ2) is 10.4. The summed E-state index contributed by atoms with van der Waals surface area (Å²) in [6.07, 6.45) is 3.09. The Labute approximate surface area is 150 Å². The number of amides is 1. The molecule has 0 saturated carbocycles. The third-order valence-corrected chi connectivity index (χ3v) is 3.99. The number of carbonyl (C=O) groups excluding carboxylic acids is 1. The smallest absolute Gasteiger partial charge is 0.220 e. The predicted molar refractivity (Wildman–Crippen MR) is 100 cm³/mol. The lowest BCUT2D eigenvalue weighted by molar-refractivity contribution is -0.121. The van der Waals surface area contributed by atoms with Gasteiger partial charge in [-0.3, -0.25) is 4.79 Å². The van der Waals surface area contributed by atoms with Crippen molar-refractivity contribution in [3.05, 3.63) is 60.2 Å². The summed E-state index contributed by atoms with van der Waals surface area (Å²) >= 11 is 0. The first-order valence-electron chi connectivity index (χ1n) is 8.77. The maximum Gasteiger partial charge on any atom is 0.220 e. The summed E-state index contributed by atoms with van der Waals surface area (Å²) in [6.45, 7) is 2.58. The zero-order chi connectivity index (χ0) is 17.9. The van der Waals surface area contributed by atoms with Gasteiger partial charge in [0.2, 0.25) is 5.91 Å². The second-order valence-corrected chi connectivity index (χ2v) is 6.12. The minimum Gasteiger partial charge on any atom is -0.497 e. The highest BCUT2D eigenvalue weighted by Crippen LogP contribution is 2.17. The molecule has 0 aliphatic rings. The fraction of sp³-hybridized carbons (Fsp3) is 0.381. The first-order chi connectivity index (χ1) is 12.2. The number of aryl methyl sites for hydroxylation is 1. The molecule has 0 spiro atoms. The van der Waals surface area contributed by atoms with Gasteiger partial charge in [-0.05, 0) is 56.0 Å². The molecular formula is C21H27NO3. The molecule has 0 radical (unpaired) electrons. The Morgan fingerprint density at radius 2 is 1.72 bits per heavy atom. The molecule has 0 aliphatic heterocycles. The summed E-state index contributed by atoms with van der Waals surface area (Å²) in [4.78, 5) is 12.0. The Bertz CT molecular complexity index is 625. The monoisotopic (exact) mass is 341 g/mol. The Kier molecular flexibility index (Phi) is 7.83. The van der Waals surface area contributed by atoms with E-state index in [9.17, 15) is 4.79 Å². The Morgan fingerprint density at radius 3 is 2.40 bits per heavy atom. The van der Waals surface area contributed by atoms with Gasteiger partial charge in [0, 0.05) is 12.5 Å². The summed E-state index contributed by atoms with van der Waals surface area (Å²) in [5, 5.41) is 3.05. The zero-order valence-electron chi connectivity index (χ0n) is 15.0. The molecule has 0 aliphatic carbocycles. The van der Waals surface area contributed by atoms with Crippen molar-refractivity contribution < 1.29 is 14.3 Å². The number of ether oxygens (including phenoxy) is 2. The number of carbonyl (C=O) groups is 1. The van der Waals surface area contributed by atoms with Gasteiger partial charge < -0.3 is 14.8 Å². The topological polar surface area (TPSA) is 47.6 Å². The summed E-state index contributed by atoms with van der Waals surface area (Å²) in [5.41, 5.74) is 1.30. The van der Waals surface area contributed by atoms with E-state index in [4.69, 9.17) is 9.47 Å². The maximum atomic E-state index is 12.0. The summed E-state index contributed by atoms with van der Waals surface area (Å²) in [7, 11) is 1.63. The Morgan fingerprint density at radius 1 is 1.04 bits per heavy atom. The first kappa shape index (κ1) is 18.8. The van der Waals surface area contributed by atoms with Crippen LogP contribution in [0.4, 0.5) is 0 Å². The van der Waals surface area contributed by atoms with Crippen LogP contribution in [0.5, 0.6) is 11.5 Å². The van der Waals surface area contributed by atoms with Crippen LogP contribution in [0.15, 0.2) is 54.6 Å². The normalized spacial score (nSPS) is 11.6. The standard InChI is InChI=1S/C21H27NO3/c1-17(10-11-18-7-4-3-5-8-18)22-21(23)9-6-16-25-20-14-12-19(24-2)13-15-20/h3-5,7-8,12-15,17H,6,9-11,16H2,1-2H3,(H,22,23)/t17-/m1/s1. The fourth-order valence-electron chi connectivity index (χ4n) is 2.54. The molecule has 2 aromatic carbocycles. The number of hydrogen-bond acceptors (Lipinski definition) is 3. The van der Waals surface area contributed by atoms with Crippen molar-refractivity contribution in [1.29, 1.82) is 0 Å². The van der Waals surface area contributed by atoms with Crippen LogP contribution in [0.3, 0.4) is 0 Å². The lowest BCUT2D eigenvalue weighted by atomic mass is 10.1. The van der Waals surface area contributed by atoms with Crippen LogP contribution in [0.2, 0.25) is 0 Å². The third-order valence-electron chi connectivity index (χ3n) is 3.99. The minimum absolute atomic E-state index is 0.0823. The van der Waals surface area contributed by atoms with E-state index in [0.717, 1.165) is 24.3 Å². The lowest BCUT2D eigenvalue weighted by Crippen LogP contribution is -2.32. The van der Waals surface area contributed by atoms with Crippen LogP contribution in [0.1, 0.15) is 31.7 Å². The van der Waals surface area contributed by atoms with Gasteiger partial charge in [-0.1, -0.05) is 30.3 Å². The average Bonchev–Trinajstić information content (AvgIpc) is 2.65. The van der Waals surface area contributed by atoms with Gasteiger partial charge in [-0.25, -0.2) is 0 Å². The van der Waals surface area contributed by atoms with Gasteiger partial charge in [0.05, 0.1) is 13.7 Å². The molecule has 0 aromatic heterocycles. The summed E-state index contributed by atoms with van der Waals surface area (Å²) < 4.78 is 10.7. The van der Waals surface area contributed by atoms with E-state index >= 15 is 0 Å². The van der Waals surface area contributed by atoms with Gasteiger partial charge in [-0.15, -0.1) is 0 Å². The molecule has 0 fully saturated rings. The summed E-state index contributed by atoms with van der Waals surface area (Å²) in [5.74, 6) is 1.67. The quantitative estimate of drug-likeness (QED) is 0.665. The summed E-state index contributed by atoms with van der Waals surface area (Å²) in [6, 6.07) is 18.0. The van der Waals surface area contributed by atoms with Crippen molar-refractivity contribution >= 4 is 5.91 Å². The molecule has 0 bridgehead atoms. The molecule has 0 unspecified atom stereocenters. The van der Waals surface area contributed by atoms with Crippen LogP contribution in [0, 0.1) is 0 Å². The van der Waals surface area contributed by atoms with Crippen LogP contribution in [-0.2, 0) is 11.2 Å². The first-order valence-corrected chi connectivity index (χ1v) is 8.77. The van der Waals surface area contributed by atoms with Gasteiger partial charge >= 0.3 is 0 Å². The molecular weight excluding hydrogens is 314 g/mol. The molecule has 2 aromatic rings. The minimum atomic E-state index is 0.0823. The van der Waals surface area contributed by atoms with E-state index in [2.05, 4.69) is 24.4 Å². The van der Waals surface area contributed by atoms with Crippen molar-refractivity contribution in [1.82, 2.24) is 5.32 Å². The molecule has 0 heterocycles. The SMILES string of the molecule is COc1ccc(OCCCC(=O)N[C@H](C)CCc2ccccc2)cc1. The maximum absolute atomic E-state index is 12.0. The van der Waals surface area contributed by atoms with Crippen molar-refractivity contribution in [2.24, 2.45) is 0 Å². The van der Waals surface area contributed by atoms with E-state index in [1.54, 1.807) is 7.11 Å². The largest absolute Gasteiger partial charge is 0.497 e. The average molecular weight is 341 g/mol. The molecule has 4 nitrogen and oxygen atoms in total. The molecule has 4 heteroatoms. The molecule has 1 amide bonds. The number of rotatable bonds is 10. The van der Waals surface area contributed by atoms with Gasteiger partial charge in [-0.2, -0.15) is 0 Å². The highest BCUT2D eigenvalue weighted by Gasteiger charge is 2.07.